The zero-order valence-corrected chi connectivity index (χ0v) is 9.43. The van der Waals surface area contributed by atoms with Gasteiger partial charge >= 0.3 is 7.60 Å². The molecule has 0 N–H and O–H groups in total. The van der Waals surface area contributed by atoms with E-state index in [9.17, 15) is 8.96 Å². The van der Waals surface area contributed by atoms with Gasteiger partial charge in [-0.2, -0.15) is 0 Å². The summed E-state index contributed by atoms with van der Waals surface area (Å²) in [4.78, 5) is 0. The number of halogens is 1. The Bertz CT molecular complexity index is 236. The van der Waals surface area contributed by atoms with Crippen molar-refractivity contribution in [2.45, 2.75) is 13.8 Å². The maximum absolute atomic E-state index is 11.8. The summed E-state index contributed by atoms with van der Waals surface area (Å²) in [5.41, 5.74) is 2.55. The number of alkyl halides is 1. The van der Waals surface area contributed by atoms with E-state index in [1.165, 1.54) is 12.2 Å². The molecule has 0 bridgehead atoms. The maximum atomic E-state index is 11.8. The van der Waals surface area contributed by atoms with Crippen LogP contribution in [-0.2, 0) is 13.6 Å². The Morgan fingerprint density at radius 2 is 1.86 bits per heavy atom. The summed E-state index contributed by atoms with van der Waals surface area (Å²) in [5.74, 6) is 0. The number of hydrogen-bond acceptors (Lipinski definition) is 3. The van der Waals surface area contributed by atoms with Gasteiger partial charge < -0.3 is 9.05 Å². The Morgan fingerprint density at radius 1 is 1.29 bits per heavy atom. The highest BCUT2D eigenvalue weighted by atomic mass is 31.2. The van der Waals surface area contributed by atoms with E-state index in [0.29, 0.717) is 13.2 Å². The van der Waals surface area contributed by atoms with Gasteiger partial charge in [0.2, 0.25) is 0 Å². The average molecular weight is 222 g/mol. The van der Waals surface area contributed by atoms with Gasteiger partial charge in [-0.25, -0.2) is 4.39 Å². The monoisotopic (exact) mass is 222 g/mol. The molecule has 0 aromatic heterocycles. The number of allylic oxidation sites excluding steroid dienone is 1. The summed E-state index contributed by atoms with van der Waals surface area (Å²) < 4.78 is 33.4. The van der Waals surface area contributed by atoms with Crippen molar-refractivity contribution in [3.63, 3.8) is 0 Å². The van der Waals surface area contributed by atoms with Gasteiger partial charge in [-0.1, -0.05) is 0 Å². The molecule has 0 saturated carbocycles. The minimum Gasteiger partial charge on any atom is -0.309 e. The average Bonchev–Trinajstić information content (AvgIpc) is 2.13. The van der Waals surface area contributed by atoms with Crippen molar-refractivity contribution in [1.82, 2.24) is 0 Å². The van der Waals surface area contributed by atoms with E-state index >= 15 is 0 Å². The third-order valence-corrected chi connectivity index (χ3v) is 3.21. The Hall–Kier alpha value is -0.400. The highest BCUT2D eigenvalue weighted by molar-refractivity contribution is 7.54. The molecule has 5 heteroatoms. The van der Waals surface area contributed by atoms with Crippen molar-refractivity contribution in [2.24, 2.45) is 0 Å². The van der Waals surface area contributed by atoms with Gasteiger partial charge in [0, 0.05) is 0 Å². The van der Waals surface area contributed by atoms with Crippen LogP contribution < -0.4 is 0 Å². The smallest absolute Gasteiger partial charge is 0.309 e. The molecule has 0 amide bonds. The lowest BCUT2D eigenvalue weighted by molar-refractivity contribution is 0.222. The third kappa shape index (κ3) is 6.11. The molecule has 0 aliphatic rings. The molecule has 0 fully saturated rings. The fourth-order valence-corrected chi connectivity index (χ4v) is 2.23. The van der Waals surface area contributed by atoms with E-state index < -0.39 is 14.3 Å². The Labute approximate surface area is 84.1 Å². The van der Waals surface area contributed by atoms with Crippen LogP contribution in [0, 0.1) is 0 Å². The minimum atomic E-state index is -3.02. The van der Waals surface area contributed by atoms with Crippen molar-refractivity contribution in [1.29, 1.82) is 0 Å². The second kappa shape index (κ2) is 7.95. The maximum Gasteiger partial charge on any atom is 0.335 e. The molecule has 14 heavy (non-hydrogen) atoms. The van der Waals surface area contributed by atoms with E-state index in [4.69, 9.17) is 9.05 Å². The predicted molar refractivity (Wildman–Crippen MR) is 54.4 cm³/mol. The molecular formula is C9H16FO3P. The normalized spacial score (nSPS) is 10.8. The van der Waals surface area contributed by atoms with Crippen LogP contribution in [0.3, 0.4) is 0 Å². The first-order valence-corrected chi connectivity index (χ1v) is 6.24. The lowest BCUT2D eigenvalue weighted by atomic mass is 10.6. The van der Waals surface area contributed by atoms with Crippen molar-refractivity contribution in [2.75, 3.05) is 26.1 Å². The first-order valence-electron chi connectivity index (χ1n) is 4.52. The highest BCUT2D eigenvalue weighted by Crippen LogP contribution is 2.47. The molecule has 3 nitrogen and oxygen atoms in total. The van der Waals surface area contributed by atoms with E-state index in [0.717, 1.165) is 0 Å². The molecular weight excluding hydrogens is 206 g/mol. The zero-order valence-electron chi connectivity index (χ0n) is 8.53. The third-order valence-electron chi connectivity index (χ3n) is 1.28. The van der Waals surface area contributed by atoms with E-state index in [1.807, 2.05) is 0 Å². The standard InChI is InChI=1S/C9H16FO3P/c1-3-12-14(11,13-4-2)9-7-5-6-8-10/h6-7H,3-4,8-9H2,1-2H3. The molecule has 0 aliphatic carbocycles. The Kier molecular flexibility index (Phi) is 7.73. The molecule has 0 atom stereocenters. The van der Waals surface area contributed by atoms with Crippen molar-refractivity contribution < 1.29 is 18.0 Å². The molecule has 0 rings (SSSR count). The van der Waals surface area contributed by atoms with Gasteiger partial charge in [0.05, 0.1) is 19.4 Å². The molecule has 82 valence electrons. The van der Waals surface area contributed by atoms with E-state index in [-0.39, 0.29) is 6.16 Å². The molecule has 0 aromatic carbocycles. The van der Waals surface area contributed by atoms with Crippen molar-refractivity contribution in [3.05, 3.63) is 17.9 Å². The first-order chi connectivity index (χ1) is 6.68. The summed E-state index contributed by atoms with van der Waals surface area (Å²) in [6, 6.07) is 0. The molecule has 0 aromatic rings. The zero-order chi connectivity index (χ0) is 10.9. The molecule has 0 spiro atoms. The summed E-state index contributed by atoms with van der Waals surface area (Å²) >= 11 is 0. The topological polar surface area (TPSA) is 35.5 Å². The Morgan fingerprint density at radius 3 is 2.29 bits per heavy atom. The van der Waals surface area contributed by atoms with Gasteiger partial charge in [0.25, 0.3) is 0 Å². The van der Waals surface area contributed by atoms with Crippen LogP contribution in [-0.4, -0.2) is 26.1 Å². The molecule has 0 saturated heterocycles. The van der Waals surface area contributed by atoms with Gasteiger partial charge in [0.15, 0.2) is 0 Å². The molecule has 0 radical (unpaired) electrons. The lowest BCUT2D eigenvalue weighted by Gasteiger charge is -2.14. The van der Waals surface area contributed by atoms with Crippen LogP contribution in [0.2, 0.25) is 0 Å². The Balaban J connectivity index is 4.22. The molecule has 0 aliphatic heterocycles. The van der Waals surface area contributed by atoms with Gasteiger partial charge in [0.1, 0.15) is 6.67 Å². The molecule has 0 unspecified atom stereocenters. The van der Waals surface area contributed by atoms with Gasteiger partial charge in [-0.15, -0.1) is 5.73 Å². The van der Waals surface area contributed by atoms with Crippen LogP contribution in [0.4, 0.5) is 4.39 Å². The second-order valence-electron chi connectivity index (χ2n) is 2.36. The summed E-state index contributed by atoms with van der Waals surface area (Å²) in [6.45, 7) is 3.57. The van der Waals surface area contributed by atoms with Crippen LogP contribution in [0.25, 0.3) is 0 Å². The van der Waals surface area contributed by atoms with Crippen LogP contribution in [0.5, 0.6) is 0 Å². The summed E-state index contributed by atoms with van der Waals surface area (Å²) in [5, 5.41) is 0. The fraction of sp³-hybridized carbons (Fsp3) is 0.667. The molecule has 0 heterocycles. The predicted octanol–water partition coefficient (Wildman–Crippen LogP) is 2.93. The minimum absolute atomic E-state index is 0.130. The number of rotatable bonds is 7. The van der Waals surface area contributed by atoms with E-state index in [1.54, 1.807) is 13.8 Å². The summed E-state index contributed by atoms with van der Waals surface area (Å²) in [6.07, 6.45) is 2.80. The lowest BCUT2D eigenvalue weighted by Crippen LogP contribution is -1.97. The van der Waals surface area contributed by atoms with Crippen LogP contribution in [0.1, 0.15) is 13.8 Å². The van der Waals surface area contributed by atoms with Crippen LogP contribution in [0.15, 0.2) is 17.9 Å². The quantitative estimate of drug-likeness (QED) is 0.490. The number of hydrogen-bond donors (Lipinski definition) is 0. The van der Waals surface area contributed by atoms with Crippen LogP contribution >= 0.6 is 7.60 Å². The second-order valence-corrected chi connectivity index (χ2v) is 4.46. The fourth-order valence-electron chi connectivity index (χ4n) is 0.828. The SMILES string of the molecule is CCOP(=O)(CC=C=CCF)OCC. The van der Waals surface area contributed by atoms with Crippen molar-refractivity contribution >= 4 is 7.60 Å². The largest absolute Gasteiger partial charge is 0.335 e. The summed E-state index contributed by atoms with van der Waals surface area (Å²) in [7, 11) is -3.02. The first kappa shape index (κ1) is 13.6. The van der Waals surface area contributed by atoms with Crippen molar-refractivity contribution in [3.8, 4) is 0 Å². The van der Waals surface area contributed by atoms with Gasteiger partial charge in [-0.3, -0.25) is 4.57 Å². The van der Waals surface area contributed by atoms with Gasteiger partial charge in [-0.05, 0) is 26.0 Å². The van der Waals surface area contributed by atoms with E-state index in [2.05, 4.69) is 5.73 Å². The highest BCUT2D eigenvalue weighted by Gasteiger charge is 2.20.